The lowest BCUT2D eigenvalue weighted by Crippen LogP contribution is -2.00. The minimum atomic E-state index is -0.871. The summed E-state index contributed by atoms with van der Waals surface area (Å²) in [6.45, 7) is 0. The summed E-state index contributed by atoms with van der Waals surface area (Å²) in [5.74, 6) is -0.193. The van der Waals surface area contributed by atoms with Crippen LogP contribution >= 0.6 is 55.0 Å². The van der Waals surface area contributed by atoms with Crippen molar-refractivity contribution in [3.63, 3.8) is 0 Å². The molecule has 9 heteroatoms. The molecule has 0 saturated heterocycles. The molecule has 1 N–H and O–H groups in total. The number of halogens is 2. The molecule has 0 unspecified atom stereocenters. The van der Waals surface area contributed by atoms with Crippen molar-refractivity contribution in [3.05, 3.63) is 13.6 Å². The van der Waals surface area contributed by atoms with E-state index in [1.165, 1.54) is 0 Å². The van der Waals surface area contributed by atoms with E-state index in [0.29, 0.717) is 11.0 Å². The molecular formula is C9H7Br2N3O2S2. The lowest BCUT2D eigenvalue weighted by atomic mass is 10.3. The molecule has 2 aromatic rings. The van der Waals surface area contributed by atoms with Gasteiger partial charge in [0.15, 0.2) is 11.0 Å². The molecule has 0 aliphatic carbocycles. The van der Waals surface area contributed by atoms with E-state index in [-0.39, 0.29) is 5.75 Å². The van der Waals surface area contributed by atoms with Gasteiger partial charge >= 0.3 is 5.97 Å². The Morgan fingerprint density at radius 3 is 2.83 bits per heavy atom. The van der Waals surface area contributed by atoms with Gasteiger partial charge in [-0.15, -0.1) is 21.5 Å². The average molecular weight is 413 g/mol. The maximum absolute atomic E-state index is 10.5. The van der Waals surface area contributed by atoms with Crippen LogP contribution in [-0.4, -0.2) is 31.6 Å². The highest BCUT2D eigenvalue weighted by atomic mass is 79.9. The van der Waals surface area contributed by atoms with Gasteiger partial charge in [0.1, 0.15) is 0 Å². The summed E-state index contributed by atoms with van der Waals surface area (Å²) in [5.41, 5.74) is 0.934. The van der Waals surface area contributed by atoms with Crippen LogP contribution in [-0.2, 0) is 11.8 Å². The van der Waals surface area contributed by atoms with Gasteiger partial charge in [-0.25, -0.2) is 0 Å². The van der Waals surface area contributed by atoms with Gasteiger partial charge in [0.05, 0.1) is 13.3 Å². The monoisotopic (exact) mass is 411 g/mol. The zero-order valence-corrected chi connectivity index (χ0v) is 13.9. The number of thiophene rings is 1. The molecular weight excluding hydrogens is 406 g/mol. The smallest absolute Gasteiger partial charge is 0.313 e. The van der Waals surface area contributed by atoms with Crippen molar-refractivity contribution in [3.8, 4) is 11.4 Å². The van der Waals surface area contributed by atoms with Gasteiger partial charge < -0.3 is 9.67 Å². The highest BCUT2D eigenvalue weighted by molar-refractivity contribution is 9.12. The van der Waals surface area contributed by atoms with Crippen molar-refractivity contribution >= 4 is 60.9 Å². The van der Waals surface area contributed by atoms with Gasteiger partial charge in [0, 0.05) is 12.6 Å². The van der Waals surface area contributed by atoms with E-state index >= 15 is 0 Å². The van der Waals surface area contributed by atoms with Crippen molar-refractivity contribution in [2.24, 2.45) is 7.05 Å². The van der Waals surface area contributed by atoms with Crippen LogP contribution in [0.4, 0.5) is 0 Å². The van der Waals surface area contributed by atoms with Crippen molar-refractivity contribution in [1.29, 1.82) is 0 Å². The molecule has 0 saturated carbocycles. The molecule has 0 atom stereocenters. The fourth-order valence-electron chi connectivity index (χ4n) is 1.29. The van der Waals surface area contributed by atoms with E-state index in [9.17, 15) is 4.79 Å². The van der Waals surface area contributed by atoms with Crippen LogP contribution in [0.25, 0.3) is 11.4 Å². The maximum atomic E-state index is 10.5. The predicted molar refractivity (Wildman–Crippen MR) is 78.1 cm³/mol. The van der Waals surface area contributed by atoms with E-state index in [1.807, 2.05) is 13.1 Å². The summed E-state index contributed by atoms with van der Waals surface area (Å²) < 4.78 is 3.74. The van der Waals surface area contributed by atoms with Gasteiger partial charge in [-0.2, -0.15) is 0 Å². The first-order valence-electron chi connectivity index (χ1n) is 4.68. The largest absolute Gasteiger partial charge is 0.481 e. The van der Waals surface area contributed by atoms with Crippen molar-refractivity contribution in [2.75, 3.05) is 5.75 Å². The molecule has 0 amide bonds. The van der Waals surface area contributed by atoms with Crippen LogP contribution in [0, 0.1) is 0 Å². The van der Waals surface area contributed by atoms with Crippen molar-refractivity contribution in [2.45, 2.75) is 5.16 Å². The van der Waals surface area contributed by atoms with Crippen LogP contribution in [0.5, 0.6) is 0 Å². The van der Waals surface area contributed by atoms with Gasteiger partial charge in [0.25, 0.3) is 0 Å². The standard InChI is InChI=1S/C9H7Br2N3O2S2/c1-14-8(4-2-5(10)18-7(4)11)12-13-9(14)17-3-6(15)16/h2H,3H2,1H3,(H,15,16). The SMILES string of the molecule is Cn1c(SCC(=O)O)nnc1-c1cc(Br)sc1Br. The normalized spacial score (nSPS) is 10.8. The third kappa shape index (κ3) is 2.95. The van der Waals surface area contributed by atoms with E-state index in [0.717, 1.165) is 24.9 Å². The summed E-state index contributed by atoms with van der Waals surface area (Å²) in [6.07, 6.45) is 0. The first kappa shape index (κ1) is 14.0. The number of carboxylic acids is 1. The van der Waals surface area contributed by atoms with Crippen molar-refractivity contribution < 1.29 is 9.90 Å². The number of thioether (sulfide) groups is 1. The number of aliphatic carboxylic acids is 1. The number of nitrogens with zero attached hydrogens (tertiary/aromatic N) is 3. The van der Waals surface area contributed by atoms with Gasteiger partial charge in [-0.3, -0.25) is 4.79 Å². The molecule has 0 aromatic carbocycles. The maximum Gasteiger partial charge on any atom is 0.313 e. The van der Waals surface area contributed by atoms with E-state index in [4.69, 9.17) is 5.11 Å². The molecule has 96 valence electrons. The zero-order valence-electron chi connectivity index (χ0n) is 9.05. The molecule has 2 rings (SSSR count). The first-order valence-corrected chi connectivity index (χ1v) is 8.07. The Kier molecular flexibility index (Phi) is 4.46. The van der Waals surface area contributed by atoms with E-state index in [1.54, 1.807) is 15.9 Å². The number of hydrogen-bond donors (Lipinski definition) is 1. The summed E-state index contributed by atoms with van der Waals surface area (Å²) in [7, 11) is 1.82. The molecule has 0 aliphatic heterocycles. The Bertz CT molecular complexity index is 597. The number of carboxylic acid groups (broad SMARTS) is 1. The molecule has 0 spiro atoms. The van der Waals surface area contributed by atoms with Gasteiger partial charge in [0.2, 0.25) is 0 Å². The Morgan fingerprint density at radius 1 is 1.56 bits per heavy atom. The Labute approximate surface area is 128 Å². The fourth-order valence-corrected chi connectivity index (χ4v) is 4.71. The molecule has 2 aromatic heterocycles. The molecule has 5 nitrogen and oxygen atoms in total. The summed E-state index contributed by atoms with van der Waals surface area (Å²) in [4.78, 5) is 10.5. The minimum absolute atomic E-state index is 0.0273. The van der Waals surface area contributed by atoms with E-state index in [2.05, 4.69) is 42.1 Å². The number of carbonyl (C=O) groups is 1. The predicted octanol–water partition coefficient (Wildman–Crippen LogP) is 3.25. The second kappa shape index (κ2) is 5.72. The van der Waals surface area contributed by atoms with Crippen LogP contribution < -0.4 is 0 Å². The zero-order chi connectivity index (χ0) is 13.3. The molecule has 0 aliphatic rings. The van der Waals surface area contributed by atoms with Crippen LogP contribution in [0.2, 0.25) is 0 Å². The average Bonchev–Trinajstić information content (AvgIpc) is 2.79. The summed E-state index contributed by atoms with van der Waals surface area (Å²) >= 11 is 9.58. The highest BCUT2D eigenvalue weighted by Gasteiger charge is 2.16. The number of rotatable bonds is 4. The molecule has 18 heavy (non-hydrogen) atoms. The molecule has 0 radical (unpaired) electrons. The van der Waals surface area contributed by atoms with Crippen LogP contribution in [0.3, 0.4) is 0 Å². The lowest BCUT2D eigenvalue weighted by molar-refractivity contribution is -0.133. The Balaban J connectivity index is 2.30. The van der Waals surface area contributed by atoms with Crippen LogP contribution in [0.15, 0.2) is 18.8 Å². The van der Waals surface area contributed by atoms with Crippen molar-refractivity contribution in [1.82, 2.24) is 14.8 Å². The van der Waals surface area contributed by atoms with Crippen LogP contribution in [0.1, 0.15) is 0 Å². The molecule has 0 fully saturated rings. The lowest BCUT2D eigenvalue weighted by Gasteiger charge is -2.01. The third-order valence-corrected chi connectivity index (χ3v) is 5.40. The van der Waals surface area contributed by atoms with Gasteiger partial charge in [-0.1, -0.05) is 11.8 Å². The second-order valence-corrected chi connectivity index (χ2v) is 7.98. The first-order chi connectivity index (χ1) is 8.49. The highest BCUT2D eigenvalue weighted by Crippen LogP contribution is 2.38. The molecule has 2 heterocycles. The van der Waals surface area contributed by atoms with Gasteiger partial charge in [-0.05, 0) is 37.9 Å². The minimum Gasteiger partial charge on any atom is -0.481 e. The third-order valence-electron chi connectivity index (χ3n) is 2.06. The number of hydrogen-bond acceptors (Lipinski definition) is 5. The molecule has 0 bridgehead atoms. The fraction of sp³-hybridized carbons (Fsp3) is 0.222. The quantitative estimate of drug-likeness (QED) is 0.780. The Hall–Kier alpha value is -0.380. The summed E-state index contributed by atoms with van der Waals surface area (Å²) in [5, 5.41) is 17.3. The number of aromatic nitrogens is 3. The van der Waals surface area contributed by atoms with E-state index < -0.39 is 5.97 Å². The Morgan fingerprint density at radius 2 is 2.28 bits per heavy atom. The second-order valence-electron chi connectivity index (χ2n) is 3.29. The summed E-state index contributed by atoms with van der Waals surface area (Å²) in [6, 6.07) is 1.95. The topological polar surface area (TPSA) is 68.0 Å².